The van der Waals surface area contributed by atoms with Crippen LogP contribution < -0.4 is 5.73 Å². The Balaban J connectivity index is 3.65. The minimum absolute atomic E-state index is 0.786. The second kappa shape index (κ2) is 7.56. The molecular weight excluding hydrogens is 148 g/mol. The van der Waals surface area contributed by atoms with Crippen molar-refractivity contribution < 1.29 is 0 Å². The van der Waals surface area contributed by atoms with Crippen molar-refractivity contribution >= 4 is 0 Å². The molecule has 0 aliphatic heterocycles. The van der Waals surface area contributed by atoms with Crippen LogP contribution in [-0.4, -0.2) is 31.1 Å². The summed E-state index contributed by atoms with van der Waals surface area (Å²) in [6.07, 6.45) is 2.58. The Morgan fingerprint density at radius 3 is 2.08 bits per heavy atom. The fourth-order valence-corrected chi connectivity index (χ4v) is 1.47. The van der Waals surface area contributed by atoms with Crippen LogP contribution in [0.25, 0.3) is 0 Å². The molecule has 2 N–H and O–H groups in total. The fraction of sp³-hybridized carbons (Fsp3) is 1.00. The van der Waals surface area contributed by atoms with Gasteiger partial charge in [0, 0.05) is 19.6 Å². The Morgan fingerprint density at radius 2 is 1.75 bits per heavy atom. The summed E-state index contributed by atoms with van der Waals surface area (Å²) in [5.74, 6) is 0.858. The van der Waals surface area contributed by atoms with Gasteiger partial charge in [0.25, 0.3) is 0 Å². The van der Waals surface area contributed by atoms with Gasteiger partial charge in [-0.3, -0.25) is 0 Å². The summed E-state index contributed by atoms with van der Waals surface area (Å²) in [4.78, 5) is 2.44. The number of rotatable bonds is 7. The van der Waals surface area contributed by atoms with Gasteiger partial charge in [0.1, 0.15) is 0 Å². The van der Waals surface area contributed by atoms with E-state index in [0.717, 1.165) is 25.6 Å². The molecule has 0 amide bonds. The van der Waals surface area contributed by atoms with E-state index in [0.29, 0.717) is 0 Å². The van der Waals surface area contributed by atoms with Gasteiger partial charge in [-0.2, -0.15) is 0 Å². The highest BCUT2D eigenvalue weighted by Gasteiger charge is 2.08. The van der Waals surface area contributed by atoms with Crippen LogP contribution in [0.3, 0.4) is 0 Å². The lowest BCUT2D eigenvalue weighted by molar-refractivity contribution is 0.239. The number of nitrogens with two attached hydrogens (primary N) is 1. The minimum atomic E-state index is 0.786. The third-order valence-corrected chi connectivity index (χ3v) is 2.56. The molecule has 0 atom stereocenters. The Labute approximate surface area is 77.1 Å². The Bertz CT molecular complexity index is 89.8. The average Bonchev–Trinajstić information content (AvgIpc) is 2.12. The summed E-state index contributed by atoms with van der Waals surface area (Å²) in [5.41, 5.74) is 5.52. The molecular formula is C10H24N2. The van der Waals surface area contributed by atoms with Crippen molar-refractivity contribution in [3.63, 3.8) is 0 Å². The highest BCUT2D eigenvalue weighted by atomic mass is 15.1. The summed E-state index contributed by atoms with van der Waals surface area (Å²) in [7, 11) is 0. The van der Waals surface area contributed by atoms with Crippen LogP contribution in [0.4, 0.5) is 0 Å². The molecule has 12 heavy (non-hydrogen) atoms. The average molecular weight is 172 g/mol. The van der Waals surface area contributed by atoms with Gasteiger partial charge >= 0.3 is 0 Å². The molecule has 0 spiro atoms. The standard InChI is InChI=1S/C10H24N2/c1-4-10(5-2)9-12(6-3)8-7-11/h10H,4-9,11H2,1-3H3. The van der Waals surface area contributed by atoms with Crippen LogP contribution in [-0.2, 0) is 0 Å². The zero-order chi connectivity index (χ0) is 9.40. The monoisotopic (exact) mass is 172 g/mol. The molecule has 0 bridgehead atoms. The maximum absolute atomic E-state index is 5.52. The summed E-state index contributed by atoms with van der Waals surface area (Å²) in [6.45, 7) is 10.9. The van der Waals surface area contributed by atoms with Gasteiger partial charge in [0.15, 0.2) is 0 Å². The van der Waals surface area contributed by atoms with E-state index in [1.165, 1.54) is 19.4 Å². The molecule has 0 aromatic carbocycles. The van der Waals surface area contributed by atoms with Gasteiger partial charge in [-0.15, -0.1) is 0 Å². The van der Waals surface area contributed by atoms with E-state index in [-0.39, 0.29) is 0 Å². The summed E-state index contributed by atoms with van der Waals surface area (Å²) < 4.78 is 0. The maximum atomic E-state index is 5.52. The molecule has 74 valence electrons. The first-order valence-corrected chi connectivity index (χ1v) is 5.20. The lowest BCUT2D eigenvalue weighted by Crippen LogP contribution is -2.33. The minimum Gasteiger partial charge on any atom is -0.329 e. The Morgan fingerprint density at radius 1 is 1.17 bits per heavy atom. The smallest absolute Gasteiger partial charge is 0.0105 e. The van der Waals surface area contributed by atoms with E-state index in [9.17, 15) is 0 Å². The first kappa shape index (κ1) is 11.9. The van der Waals surface area contributed by atoms with Gasteiger partial charge in [-0.1, -0.05) is 33.6 Å². The number of hydrogen-bond donors (Lipinski definition) is 1. The molecule has 0 unspecified atom stereocenters. The fourth-order valence-electron chi connectivity index (χ4n) is 1.47. The van der Waals surface area contributed by atoms with E-state index < -0.39 is 0 Å². The van der Waals surface area contributed by atoms with Crippen molar-refractivity contribution in [2.45, 2.75) is 33.6 Å². The van der Waals surface area contributed by atoms with Gasteiger partial charge < -0.3 is 10.6 Å². The summed E-state index contributed by atoms with van der Waals surface area (Å²) in [6, 6.07) is 0. The van der Waals surface area contributed by atoms with Crippen molar-refractivity contribution in [1.29, 1.82) is 0 Å². The highest BCUT2D eigenvalue weighted by Crippen LogP contribution is 2.08. The van der Waals surface area contributed by atoms with E-state index >= 15 is 0 Å². The highest BCUT2D eigenvalue weighted by molar-refractivity contribution is 4.62. The lowest BCUT2D eigenvalue weighted by Gasteiger charge is -2.24. The molecule has 0 rings (SSSR count). The second-order valence-corrected chi connectivity index (χ2v) is 3.36. The van der Waals surface area contributed by atoms with E-state index in [1.54, 1.807) is 0 Å². The van der Waals surface area contributed by atoms with Gasteiger partial charge in [-0.25, -0.2) is 0 Å². The van der Waals surface area contributed by atoms with Crippen LogP contribution in [0.2, 0.25) is 0 Å². The van der Waals surface area contributed by atoms with Crippen molar-refractivity contribution in [1.82, 2.24) is 4.90 Å². The van der Waals surface area contributed by atoms with E-state index in [4.69, 9.17) is 5.73 Å². The van der Waals surface area contributed by atoms with Crippen molar-refractivity contribution in [2.75, 3.05) is 26.2 Å². The van der Waals surface area contributed by atoms with Gasteiger partial charge in [-0.05, 0) is 12.5 Å². The topological polar surface area (TPSA) is 29.3 Å². The summed E-state index contributed by atoms with van der Waals surface area (Å²) >= 11 is 0. The normalized spacial score (nSPS) is 11.5. The largest absolute Gasteiger partial charge is 0.329 e. The van der Waals surface area contributed by atoms with Crippen LogP contribution in [0.15, 0.2) is 0 Å². The molecule has 0 aromatic rings. The quantitative estimate of drug-likeness (QED) is 0.633. The van der Waals surface area contributed by atoms with Crippen molar-refractivity contribution in [3.8, 4) is 0 Å². The molecule has 0 saturated carbocycles. The predicted molar refractivity (Wildman–Crippen MR) is 55.2 cm³/mol. The molecule has 0 aromatic heterocycles. The number of nitrogens with zero attached hydrogens (tertiary/aromatic N) is 1. The molecule has 2 heteroatoms. The van der Waals surface area contributed by atoms with Gasteiger partial charge in [0.05, 0.1) is 0 Å². The lowest BCUT2D eigenvalue weighted by atomic mass is 10.0. The van der Waals surface area contributed by atoms with Crippen LogP contribution in [0, 0.1) is 5.92 Å². The summed E-state index contributed by atoms with van der Waals surface area (Å²) in [5, 5.41) is 0. The Kier molecular flexibility index (Phi) is 7.51. The number of likely N-dealkylation sites (N-methyl/N-ethyl adjacent to an activating group) is 1. The zero-order valence-corrected chi connectivity index (χ0v) is 8.84. The first-order valence-electron chi connectivity index (χ1n) is 5.20. The second-order valence-electron chi connectivity index (χ2n) is 3.36. The van der Waals surface area contributed by atoms with E-state index in [2.05, 4.69) is 25.7 Å². The zero-order valence-electron chi connectivity index (χ0n) is 8.84. The van der Waals surface area contributed by atoms with Crippen LogP contribution >= 0.6 is 0 Å². The predicted octanol–water partition coefficient (Wildman–Crippen LogP) is 1.70. The molecule has 2 nitrogen and oxygen atoms in total. The third-order valence-electron chi connectivity index (χ3n) is 2.56. The molecule has 0 fully saturated rings. The first-order chi connectivity index (χ1) is 5.78. The molecule has 0 radical (unpaired) electrons. The van der Waals surface area contributed by atoms with E-state index in [1.807, 2.05) is 0 Å². The molecule has 0 heterocycles. The van der Waals surface area contributed by atoms with Gasteiger partial charge in [0.2, 0.25) is 0 Å². The SMILES string of the molecule is CCC(CC)CN(CC)CCN. The molecule has 0 saturated heterocycles. The molecule has 0 aliphatic carbocycles. The third kappa shape index (κ3) is 4.73. The van der Waals surface area contributed by atoms with Crippen molar-refractivity contribution in [3.05, 3.63) is 0 Å². The molecule has 0 aliphatic rings. The van der Waals surface area contributed by atoms with Crippen molar-refractivity contribution in [2.24, 2.45) is 11.7 Å². The van der Waals surface area contributed by atoms with Crippen LogP contribution in [0.5, 0.6) is 0 Å². The Hall–Kier alpha value is -0.0800. The maximum Gasteiger partial charge on any atom is 0.0105 e. The number of hydrogen-bond acceptors (Lipinski definition) is 2. The van der Waals surface area contributed by atoms with Crippen LogP contribution in [0.1, 0.15) is 33.6 Å².